The fraction of sp³-hybridized carbons (Fsp3) is 0.429. The Morgan fingerprint density at radius 2 is 2.10 bits per heavy atom. The summed E-state index contributed by atoms with van der Waals surface area (Å²) in [6.07, 6.45) is -1.20. The highest BCUT2D eigenvalue weighted by molar-refractivity contribution is 6.35. The number of benzene rings is 1. The molecule has 1 heterocycles. The smallest absolute Gasteiger partial charge is 0.334 e. The summed E-state index contributed by atoms with van der Waals surface area (Å²) >= 11 is 11.9. The SMILES string of the molecule is C[C@@H]1CN(C(=O)Cc2ccc(Cl)cc2Cl)CC(C(=O)O)O1. The molecule has 1 aliphatic heterocycles. The Balaban J connectivity index is 2.07. The largest absolute Gasteiger partial charge is 0.479 e. The predicted molar refractivity (Wildman–Crippen MR) is 78.7 cm³/mol. The average molecular weight is 332 g/mol. The molecule has 1 aromatic carbocycles. The third kappa shape index (κ3) is 4.09. The van der Waals surface area contributed by atoms with Crippen molar-refractivity contribution in [3.8, 4) is 0 Å². The molecule has 1 amide bonds. The van der Waals surface area contributed by atoms with Crippen LogP contribution in [0.25, 0.3) is 0 Å². The molecule has 0 aliphatic carbocycles. The van der Waals surface area contributed by atoms with Crippen molar-refractivity contribution in [3.63, 3.8) is 0 Å². The average Bonchev–Trinajstić information content (AvgIpc) is 2.41. The Morgan fingerprint density at radius 1 is 1.38 bits per heavy atom. The molecule has 1 aliphatic rings. The highest BCUT2D eigenvalue weighted by atomic mass is 35.5. The van der Waals surface area contributed by atoms with Crippen molar-refractivity contribution in [3.05, 3.63) is 33.8 Å². The highest BCUT2D eigenvalue weighted by Crippen LogP contribution is 2.22. The molecular formula is C14H15Cl2NO4. The van der Waals surface area contributed by atoms with Gasteiger partial charge in [-0.25, -0.2) is 4.79 Å². The number of amides is 1. The third-order valence-electron chi connectivity index (χ3n) is 3.25. The minimum atomic E-state index is -1.07. The number of carbonyl (C=O) groups is 2. The molecule has 5 nitrogen and oxygen atoms in total. The summed E-state index contributed by atoms with van der Waals surface area (Å²) in [5.74, 6) is -1.25. The van der Waals surface area contributed by atoms with Crippen LogP contribution >= 0.6 is 23.2 Å². The van der Waals surface area contributed by atoms with Gasteiger partial charge in [-0.15, -0.1) is 0 Å². The van der Waals surface area contributed by atoms with Crippen LogP contribution in [-0.4, -0.2) is 47.2 Å². The van der Waals surface area contributed by atoms with Crippen molar-refractivity contribution in [2.24, 2.45) is 0 Å². The molecule has 1 aromatic rings. The highest BCUT2D eigenvalue weighted by Gasteiger charge is 2.32. The molecule has 0 radical (unpaired) electrons. The zero-order valence-corrected chi connectivity index (χ0v) is 12.9. The third-order valence-corrected chi connectivity index (χ3v) is 3.83. The number of aliphatic carboxylic acids is 1. The molecule has 2 rings (SSSR count). The van der Waals surface area contributed by atoms with Crippen LogP contribution in [0.5, 0.6) is 0 Å². The lowest BCUT2D eigenvalue weighted by Crippen LogP contribution is -2.52. The van der Waals surface area contributed by atoms with Gasteiger partial charge in [0.1, 0.15) is 0 Å². The van der Waals surface area contributed by atoms with E-state index in [0.29, 0.717) is 22.2 Å². The summed E-state index contributed by atoms with van der Waals surface area (Å²) in [7, 11) is 0. The number of carboxylic acid groups (broad SMARTS) is 1. The molecule has 21 heavy (non-hydrogen) atoms. The van der Waals surface area contributed by atoms with E-state index in [1.165, 1.54) is 4.90 Å². The Hall–Kier alpha value is -1.30. The molecule has 114 valence electrons. The summed E-state index contributed by atoms with van der Waals surface area (Å²) in [5.41, 5.74) is 0.664. The van der Waals surface area contributed by atoms with E-state index in [4.69, 9.17) is 33.0 Å². The predicted octanol–water partition coefficient (Wildman–Crippen LogP) is 2.24. The van der Waals surface area contributed by atoms with Gasteiger partial charge in [0.25, 0.3) is 0 Å². The topological polar surface area (TPSA) is 66.8 Å². The zero-order valence-electron chi connectivity index (χ0n) is 11.4. The number of morpholine rings is 1. The first-order valence-corrected chi connectivity index (χ1v) is 7.22. The zero-order chi connectivity index (χ0) is 15.6. The van der Waals surface area contributed by atoms with Crippen molar-refractivity contribution in [2.45, 2.75) is 25.6 Å². The van der Waals surface area contributed by atoms with E-state index in [1.807, 2.05) is 0 Å². The van der Waals surface area contributed by atoms with Crippen LogP contribution in [-0.2, 0) is 20.7 Å². The second-order valence-corrected chi connectivity index (χ2v) is 5.83. The lowest BCUT2D eigenvalue weighted by Gasteiger charge is -2.35. The Labute approximate surface area is 132 Å². The summed E-state index contributed by atoms with van der Waals surface area (Å²) in [4.78, 5) is 24.8. The molecule has 7 heteroatoms. The van der Waals surface area contributed by atoms with Crippen LogP contribution in [0.1, 0.15) is 12.5 Å². The van der Waals surface area contributed by atoms with E-state index >= 15 is 0 Å². The number of ether oxygens (including phenoxy) is 1. The summed E-state index contributed by atoms with van der Waals surface area (Å²) in [6, 6.07) is 4.94. The van der Waals surface area contributed by atoms with Gasteiger partial charge in [-0.3, -0.25) is 4.79 Å². The first-order valence-electron chi connectivity index (χ1n) is 6.46. The van der Waals surface area contributed by atoms with E-state index in [-0.39, 0.29) is 25.0 Å². The molecule has 1 unspecified atom stereocenters. The number of hydrogen-bond donors (Lipinski definition) is 1. The van der Waals surface area contributed by atoms with Crippen LogP contribution < -0.4 is 0 Å². The van der Waals surface area contributed by atoms with E-state index in [9.17, 15) is 9.59 Å². The quantitative estimate of drug-likeness (QED) is 0.922. The first kappa shape index (κ1) is 16.1. The number of halogens is 2. The van der Waals surface area contributed by atoms with Gasteiger partial charge < -0.3 is 14.7 Å². The van der Waals surface area contributed by atoms with Crippen molar-refractivity contribution >= 4 is 35.1 Å². The van der Waals surface area contributed by atoms with Crippen LogP contribution in [0.2, 0.25) is 10.0 Å². The Kier molecular flexibility index (Phi) is 5.08. The molecule has 0 bridgehead atoms. The maximum absolute atomic E-state index is 12.3. The van der Waals surface area contributed by atoms with Crippen molar-refractivity contribution < 1.29 is 19.4 Å². The van der Waals surface area contributed by atoms with E-state index in [0.717, 1.165) is 0 Å². The lowest BCUT2D eigenvalue weighted by molar-refractivity contribution is -0.166. The molecule has 1 saturated heterocycles. The summed E-state index contributed by atoms with van der Waals surface area (Å²) < 4.78 is 5.28. The molecule has 0 saturated carbocycles. The van der Waals surface area contributed by atoms with Crippen LogP contribution in [0.4, 0.5) is 0 Å². The number of carboxylic acids is 1. The minimum Gasteiger partial charge on any atom is -0.479 e. The van der Waals surface area contributed by atoms with E-state index < -0.39 is 12.1 Å². The van der Waals surface area contributed by atoms with Crippen LogP contribution in [0.3, 0.4) is 0 Å². The van der Waals surface area contributed by atoms with Gasteiger partial charge in [0.2, 0.25) is 5.91 Å². The van der Waals surface area contributed by atoms with Crippen molar-refractivity contribution in [1.82, 2.24) is 4.90 Å². The number of carbonyl (C=O) groups excluding carboxylic acids is 1. The number of rotatable bonds is 3. The van der Waals surface area contributed by atoms with Crippen molar-refractivity contribution in [1.29, 1.82) is 0 Å². The maximum Gasteiger partial charge on any atom is 0.334 e. The van der Waals surface area contributed by atoms with E-state index in [1.54, 1.807) is 25.1 Å². The van der Waals surface area contributed by atoms with Gasteiger partial charge in [-0.2, -0.15) is 0 Å². The van der Waals surface area contributed by atoms with Gasteiger partial charge in [-0.05, 0) is 24.6 Å². The Bertz CT molecular complexity index is 564. The minimum absolute atomic E-state index is 0.0454. The van der Waals surface area contributed by atoms with Crippen LogP contribution in [0.15, 0.2) is 18.2 Å². The summed E-state index contributed by atoms with van der Waals surface area (Å²) in [5, 5.41) is 9.95. The lowest BCUT2D eigenvalue weighted by atomic mass is 10.1. The Morgan fingerprint density at radius 3 is 2.71 bits per heavy atom. The summed E-state index contributed by atoms with van der Waals surface area (Å²) in [6.45, 7) is 2.15. The molecule has 0 spiro atoms. The molecular weight excluding hydrogens is 317 g/mol. The number of nitrogens with zero attached hydrogens (tertiary/aromatic N) is 1. The van der Waals surface area contributed by atoms with Crippen LogP contribution in [0, 0.1) is 0 Å². The van der Waals surface area contributed by atoms with E-state index in [2.05, 4.69) is 0 Å². The standard InChI is InChI=1S/C14H15Cl2NO4/c1-8-6-17(7-12(21-8)14(19)20)13(18)4-9-2-3-10(15)5-11(9)16/h2-3,5,8,12H,4,6-7H2,1H3,(H,19,20)/t8-,12?/m1/s1. The molecule has 1 fully saturated rings. The molecule has 1 N–H and O–H groups in total. The monoisotopic (exact) mass is 331 g/mol. The van der Waals surface area contributed by atoms with Gasteiger partial charge in [-0.1, -0.05) is 29.3 Å². The molecule has 0 aromatic heterocycles. The number of hydrogen-bond acceptors (Lipinski definition) is 3. The fourth-order valence-electron chi connectivity index (χ4n) is 2.23. The first-order chi connectivity index (χ1) is 9.86. The van der Waals surface area contributed by atoms with Gasteiger partial charge >= 0.3 is 5.97 Å². The normalized spacial score (nSPS) is 22.1. The van der Waals surface area contributed by atoms with Crippen molar-refractivity contribution in [2.75, 3.05) is 13.1 Å². The molecule has 2 atom stereocenters. The second kappa shape index (κ2) is 6.64. The van der Waals surface area contributed by atoms with Gasteiger partial charge in [0, 0.05) is 16.6 Å². The maximum atomic E-state index is 12.3. The van der Waals surface area contributed by atoms with Gasteiger partial charge in [0.05, 0.1) is 19.1 Å². The fourth-order valence-corrected chi connectivity index (χ4v) is 2.71. The van der Waals surface area contributed by atoms with Gasteiger partial charge in [0.15, 0.2) is 6.10 Å². The second-order valence-electron chi connectivity index (χ2n) is 4.98.